The van der Waals surface area contributed by atoms with Crippen molar-refractivity contribution < 1.29 is 5.11 Å². The number of hydrogen-bond acceptors (Lipinski definition) is 4. The van der Waals surface area contributed by atoms with Crippen LogP contribution in [-0.4, -0.2) is 20.3 Å². The number of phenols is 1. The molecular formula is C13H16N4O. The Hall–Kier alpha value is -1.88. The molecule has 0 unspecified atom stereocenters. The minimum atomic E-state index is -0.210. The van der Waals surface area contributed by atoms with Crippen molar-refractivity contribution in [2.75, 3.05) is 0 Å². The van der Waals surface area contributed by atoms with Crippen LogP contribution in [0.2, 0.25) is 0 Å². The predicted octanol–water partition coefficient (Wildman–Crippen LogP) is 1.63. The molecule has 18 heavy (non-hydrogen) atoms. The lowest BCUT2D eigenvalue weighted by atomic mass is 10.1. The van der Waals surface area contributed by atoms with Crippen LogP contribution in [0, 0.1) is 0 Å². The largest absolute Gasteiger partial charge is 0.508 e. The second-order valence-corrected chi connectivity index (χ2v) is 4.83. The Morgan fingerprint density at radius 2 is 2.06 bits per heavy atom. The Labute approximate surface area is 105 Å². The van der Waals surface area contributed by atoms with E-state index < -0.39 is 0 Å². The molecule has 1 atom stereocenters. The van der Waals surface area contributed by atoms with Crippen LogP contribution in [0.5, 0.6) is 5.75 Å². The van der Waals surface area contributed by atoms with E-state index in [1.165, 1.54) is 12.8 Å². The summed E-state index contributed by atoms with van der Waals surface area (Å²) in [4.78, 5) is 4.44. The highest BCUT2D eigenvalue weighted by atomic mass is 16.3. The van der Waals surface area contributed by atoms with E-state index in [-0.39, 0.29) is 11.8 Å². The number of nitrogens with two attached hydrogens (primary N) is 1. The molecule has 0 bridgehead atoms. The molecule has 0 amide bonds. The van der Waals surface area contributed by atoms with Crippen molar-refractivity contribution in [2.45, 2.75) is 31.2 Å². The number of benzene rings is 1. The number of H-pyrrole nitrogens is 1. The van der Waals surface area contributed by atoms with E-state index in [4.69, 9.17) is 5.73 Å². The summed E-state index contributed by atoms with van der Waals surface area (Å²) in [7, 11) is 0. The second-order valence-electron chi connectivity index (χ2n) is 4.83. The lowest BCUT2D eigenvalue weighted by Crippen LogP contribution is -2.15. The van der Waals surface area contributed by atoms with E-state index in [1.54, 1.807) is 12.1 Å². The summed E-state index contributed by atoms with van der Waals surface area (Å²) in [6.45, 7) is 0. The van der Waals surface area contributed by atoms with Crippen LogP contribution in [0.1, 0.15) is 42.0 Å². The van der Waals surface area contributed by atoms with Gasteiger partial charge in [0.25, 0.3) is 0 Å². The van der Waals surface area contributed by atoms with Crippen LogP contribution >= 0.6 is 0 Å². The smallest absolute Gasteiger partial charge is 0.167 e. The fourth-order valence-electron chi connectivity index (χ4n) is 1.97. The molecule has 1 fully saturated rings. The second kappa shape index (κ2) is 4.42. The van der Waals surface area contributed by atoms with Crippen LogP contribution in [0.3, 0.4) is 0 Å². The molecule has 0 aliphatic heterocycles. The average Bonchev–Trinajstić information content (AvgIpc) is 3.10. The van der Waals surface area contributed by atoms with Gasteiger partial charge < -0.3 is 10.8 Å². The number of rotatable bonds is 4. The highest BCUT2D eigenvalue weighted by molar-refractivity contribution is 5.26. The minimum absolute atomic E-state index is 0.210. The quantitative estimate of drug-likeness (QED) is 0.762. The first-order valence-electron chi connectivity index (χ1n) is 6.18. The fourth-order valence-corrected chi connectivity index (χ4v) is 1.97. The topological polar surface area (TPSA) is 87.8 Å². The number of nitrogens with zero attached hydrogens (tertiary/aromatic N) is 2. The zero-order chi connectivity index (χ0) is 12.5. The van der Waals surface area contributed by atoms with Crippen LogP contribution in [0.4, 0.5) is 0 Å². The van der Waals surface area contributed by atoms with Gasteiger partial charge in [0.2, 0.25) is 0 Å². The number of hydrogen-bond donors (Lipinski definition) is 3. The first-order chi connectivity index (χ1) is 8.72. The molecule has 1 aromatic carbocycles. The molecule has 3 rings (SSSR count). The third-order valence-electron chi connectivity index (χ3n) is 3.21. The molecule has 2 aromatic rings. The van der Waals surface area contributed by atoms with Gasteiger partial charge in [0, 0.05) is 5.92 Å². The molecule has 1 saturated carbocycles. The fraction of sp³-hybridized carbons (Fsp3) is 0.385. The van der Waals surface area contributed by atoms with E-state index in [9.17, 15) is 5.11 Å². The lowest BCUT2D eigenvalue weighted by Gasteiger charge is -2.07. The van der Waals surface area contributed by atoms with E-state index in [0.29, 0.717) is 18.2 Å². The standard InChI is InChI=1S/C13H16N4O/c14-11(7-8-1-5-10(18)6-2-8)13-15-12(16-17-13)9-3-4-9/h1-2,5-6,9,11,18H,3-4,7,14H2,(H,15,16,17)/t11-/m0/s1. The Kier molecular flexibility index (Phi) is 2.76. The van der Waals surface area contributed by atoms with Crippen molar-refractivity contribution in [1.82, 2.24) is 15.2 Å². The van der Waals surface area contributed by atoms with Crippen molar-refractivity contribution in [3.8, 4) is 5.75 Å². The third kappa shape index (κ3) is 2.36. The molecule has 1 heterocycles. The van der Waals surface area contributed by atoms with Gasteiger partial charge in [0.15, 0.2) is 5.82 Å². The van der Waals surface area contributed by atoms with Crippen molar-refractivity contribution in [2.24, 2.45) is 5.73 Å². The molecule has 1 aromatic heterocycles. The Morgan fingerprint density at radius 1 is 1.33 bits per heavy atom. The van der Waals surface area contributed by atoms with E-state index in [2.05, 4.69) is 15.2 Å². The van der Waals surface area contributed by atoms with Gasteiger partial charge in [-0.05, 0) is 37.0 Å². The molecule has 4 N–H and O–H groups in total. The van der Waals surface area contributed by atoms with E-state index >= 15 is 0 Å². The van der Waals surface area contributed by atoms with Crippen LogP contribution in [-0.2, 0) is 6.42 Å². The monoisotopic (exact) mass is 244 g/mol. The SMILES string of the molecule is N[C@@H](Cc1ccc(O)cc1)c1n[nH]c(C2CC2)n1. The minimum Gasteiger partial charge on any atom is -0.508 e. The molecule has 5 heteroatoms. The molecular weight excluding hydrogens is 228 g/mol. The van der Waals surface area contributed by atoms with Crippen molar-refractivity contribution in [3.05, 3.63) is 41.5 Å². The van der Waals surface area contributed by atoms with Crippen molar-refractivity contribution in [1.29, 1.82) is 0 Å². The van der Waals surface area contributed by atoms with Crippen LogP contribution in [0.15, 0.2) is 24.3 Å². The highest BCUT2D eigenvalue weighted by Crippen LogP contribution is 2.38. The van der Waals surface area contributed by atoms with Gasteiger partial charge in [-0.25, -0.2) is 4.98 Å². The summed E-state index contributed by atoms with van der Waals surface area (Å²) >= 11 is 0. The van der Waals surface area contributed by atoms with Gasteiger partial charge in [-0.3, -0.25) is 5.10 Å². The number of aromatic hydroxyl groups is 1. The average molecular weight is 244 g/mol. The van der Waals surface area contributed by atoms with Crippen molar-refractivity contribution >= 4 is 0 Å². The first kappa shape index (κ1) is 11.2. The maximum Gasteiger partial charge on any atom is 0.167 e. The van der Waals surface area contributed by atoms with Crippen molar-refractivity contribution in [3.63, 3.8) is 0 Å². The van der Waals surface area contributed by atoms with Gasteiger partial charge in [-0.1, -0.05) is 12.1 Å². The maximum atomic E-state index is 9.22. The number of aromatic nitrogens is 3. The zero-order valence-electron chi connectivity index (χ0n) is 10.0. The molecule has 1 aliphatic carbocycles. The third-order valence-corrected chi connectivity index (χ3v) is 3.21. The predicted molar refractivity (Wildman–Crippen MR) is 67.1 cm³/mol. The van der Waals surface area contributed by atoms with E-state index in [1.807, 2.05) is 12.1 Å². The maximum absolute atomic E-state index is 9.22. The normalized spacial score (nSPS) is 16.7. The summed E-state index contributed by atoms with van der Waals surface area (Å²) < 4.78 is 0. The summed E-state index contributed by atoms with van der Waals surface area (Å²) in [5, 5.41) is 16.4. The molecule has 5 nitrogen and oxygen atoms in total. The van der Waals surface area contributed by atoms with Crippen LogP contribution in [0.25, 0.3) is 0 Å². The molecule has 1 aliphatic rings. The summed E-state index contributed by atoms with van der Waals surface area (Å²) in [6.07, 6.45) is 3.06. The zero-order valence-corrected chi connectivity index (χ0v) is 10.0. The van der Waals surface area contributed by atoms with Gasteiger partial charge in [-0.15, -0.1) is 0 Å². The molecule has 94 valence electrons. The Bertz CT molecular complexity index is 530. The summed E-state index contributed by atoms with van der Waals surface area (Å²) in [6, 6.07) is 6.84. The van der Waals surface area contributed by atoms with Gasteiger partial charge >= 0.3 is 0 Å². The number of nitrogens with one attached hydrogen (secondary N) is 1. The summed E-state index contributed by atoms with van der Waals surface area (Å²) in [5.41, 5.74) is 7.16. The Morgan fingerprint density at radius 3 is 2.72 bits per heavy atom. The molecule has 0 spiro atoms. The van der Waals surface area contributed by atoms with Crippen LogP contribution < -0.4 is 5.73 Å². The van der Waals surface area contributed by atoms with Gasteiger partial charge in [-0.2, -0.15) is 5.10 Å². The highest BCUT2D eigenvalue weighted by Gasteiger charge is 2.27. The van der Waals surface area contributed by atoms with Gasteiger partial charge in [0.05, 0.1) is 6.04 Å². The number of phenolic OH excluding ortho intramolecular Hbond substituents is 1. The Balaban J connectivity index is 1.69. The summed E-state index contributed by atoms with van der Waals surface area (Å²) in [5.74, 6) is 2.46. The molecule has 0 saturated heterocycles. The first-order valence-corrected chi connectivity index (χ1v) is 6.18. The number of aromatic amines is 1. The molecule has 0 radical (unpaired) electrons. The lowest BCUT2D eigenvalue weighted by molar-refractivity contribution is 0.475. The van der Waals surface area contributed by atoms with Gasteiger partial charge in [0.1, 0.15) is 11.6 Å². The van der Waals surface area contributed by atoms with E-state index in [0.717, 1.165) is 11.4 Å².